The maximum atomic E-state index is 14.0. The first kappa shape index (κ1) is 27.9. The van der Waals surface area contributed by atoms with E-state index in [-0.39, 0.29) is 25.4 Å². The molecule has 188 valence electrons. The second-order valence-corrected chi connectivity index (χ2v) is 10.6. The van der Waals surface area contributed by atoms with Gasteiger partial charge in [-0.1, -0.05) is 37.3 Å². The van der Waals surface area contributed by atoms with Crippen LogP contribution < -0.4 is 9.47 Å². The zero-order valence-corrected chi connectivity index (χ0v) is 21.1. The second-order valence-electron chi connectivity index (χ2n) is 8.46. The van der Waals surface area contributed by atoms with Crippen LogP contribution in [0.15, 0.2) is 61.2 Å². The summed E-state index contributed by atoms with van der Waals surface area (Å²) in [6, 6.07) is 14.7. The molecule has 2 aromatic rings. The normalized spacial score (nSPS) is 13.6. The number of aliphatic hydroxyl groups is 2. The van der Waals surface area contributed by atoms with Gasteiger partial charge in [0.1, 0.15) is 11.5 Å². The van der Waals surface area contributed by atoms with Crippen molar-refractivity contribution in [1.82, 2.24) is 4.31 Å². The van der Waals surface area contributed by atoms with Crippen molar-refractivity contribution in [3.8, 4) is 11.5 Å². The maximum absolute atomic E-state index is 14.0. The standard InChI is InChI=1S/C26H37NO6S/c1-5-7-20(2)25(8-6-9-26(28)29)34(30,31)27(18-21-10-14-23(32-3)15-11-21)19-22-12-16-24(33-4)17-13-22/h5,10-17,20,25-26,28-29H,1,6-9,18-19H2,2-4H3/t20-,25+/m1/s1. The highest BCUT2D eigenvalue weighted by molar-refractivity contribution is 7.89. The monoisotopic (exact) mass is 491 g/mol. The molecule has 0 saturated carbocycles. The van der Waals surface area contributed by atoms with Crippen LogP contribution in [0.4, 0.5) is 0 Å². The molecule has 2 atom stereocenters. The summed E-state index contributed by atoms with van der Waals surface area (Å²) in [5, 5.41) is 17.8. The minimum Gasteiger partial charge on any atom is -0.497 e. The van der Waals surface area contributed by atoms with Crippen molar-refractivity contribution in [1.29, 1.82) is 0 Å². The van der Waals surface area contributed by atoms with Crippen molar-refractivity contribution in [3.63, 3.8) is 0 Å². The zero-order chi connectivity index (χ0) is 25.1. The van der Waals surface area contributed by atoms with Crippen LogP contribution in [-0.2, 0) is 23.1 Å². The molecule has 2 aromatic carbocycles. The Balaban J connectivity index is 2.39. The van der Waals surface area contributed by atoms with Crippen LogP contribution in [0.25, 0.3) is 0 Å². The minimum atomic E-state index is -3.75. The third-order valence-electron chi connectivity index (χ3n) is 5.90. The number of methoxy groups -OCH3 is 2. The van der Waals surface area contributed by atoms with Crippen LogP contribution in [0, 0.1) is 5.92 Å². The summed E-state index contributed by atoms with van der Waals surface area (Å²) in [6.07, 6.45) is 1.67. The van der Waals surface area contributed by atoms with Crippen LogP contribution in [0.3, 0.4) is 0 Å². The predicted molar refractivity (Wildman–Crippen MR) is 134 cm³/mol. The molecule has 0 heterocycles. The number of sulfonamides is 1. The Labute approximate surface area is 203 Å². The molecular weight excluding hydrogens is 454 g/mol. The lowest BCUT2D eigenvalue weighted by Gasteiger charge is -2.31. The number of ether oxygens (including phenoxy) is 2. The van der Waals surface area contributed by atoms with Crippen LogP contribution in [-0.4, -0.2) is 48.7 Å². The van der Waals surface area contributed by atoms with Crippen LogP contribution >= 0.6 is 0 Å². The van der Waals surface area contributed by atoms with Gasteiger partial charge in [-0.15, -0.1) is 6.58 Å². The molecule has 7 nitrogen and oxygen atoms in total. The summed E-state index contributed by atoms with van der Waals surface area (Å²) in [7, 11) is -0.575. The summed E-state index contributed by atoms with van der Waals surface area (Å²) in [4.78, 5) is 0. The number of hydrogen-bond donors (Lipinski definition) is 2. The van der Waals surface area contributed by atoms with Gasteiger partial charge in [-0.2, -0.15) is 4.31 Å². The van der Waals surface area contributed by atoms with Crippen molar-refractivity contribution in [2.75, 3.05) is 14.2 Å². The second kappa shape index (κ2) is 13.5. The fraction of sp³-hybridized carbons (Fsp3) is 0.462. The van der Waals surface area contributed by atoms with E-state index in [0.29, 0.717) is 30.8 Å². The van der Waals surface area contributed by atoms with Crippen molar-refractivity contribution in [3.05, 3.63) is 72.3 Å². The van der Waals surface area contributed by atoms with Gasteiger partial charge in [-0.3, -0.25) is 0 Å². The Kier molecular flexibility index (Phi) is 11.0. The van der Waals surface area contributed by atoms with Gasteiger partial charge in [-0.25, -0.2) is 8.42 Å². The maximum Gasteiger partial charge on any atom is 0.217 e. The molecule has 0 aromatic heterocycles. The molecule has 34 heavy (non-hydrogen) atoms. The largest absolute Gasteiger partial charge is 0.497 e. The fourth-order valence-electron chi connectivity index (χ4n) is 3.94. The number of aliphatic hydroxyl groups excluding tert-OH is 1. The van der Waals surface area contributed by atoms with E-state index in [2.05, 4.69) is 6.58 Å². The molecule has 0 aliphatic carbocycles. The van der Waals surface area contributed by atoms with Gasteiger partial charge in [0.15, 0.2) is 6.29 Å². The van der Waals surface area contributed by atoms with Gasteiger partial charge in [0.25, 0.3) is 0 Å². The number of hydrogen-bond acceptors (Lipinski definition) is 6. The molecule has 0 bridgehead atoms. The first-order valence-corrected chi connectivity index (χ1v) is 12.9. The van der Waals surface area contributed by atoms with E-state index in [1.165, 1.54) is 4.31 Å². The number of rotatable bonds is 15. The van der Waals surface area contributed by atoms with E-state index in [9.17, 15) is 18.6 Å². The fourth-order valence-corrected chi connectivity index (χ4v) is 6.14. The molecule has 0 saturated heterocycles. The molecule has 0 spiro atoms. The van der Waals surface area contributed by atoms with E-state index in [1.54, 1.807) is 20.3 Å². The van der Waals surface area contributed by atoms with Gasteiger partial charge in [-0.05, 0) is 67.0 Å². The number of allylic oxidation sites excluding steroid dienone is 1. The Morgan fingerprint density at radius 2 is 1.38 bits per heavy atom. The molecule has 8 heteroatoms. The molecule has 0 fully saturated rings. The topological polar surface area (TPSA) is 96.3 Å². The highest BCUT2D eigenvalue weighted by Crippen LogP contribution is 2.28. The van der Waals surface area contributed by atoms with Crippen LogP contribution in [0.1, 0.15) is 43.7 Å². The van der Waals surface area contributed by atoms with E-state index in [0.717, 1.165) is 11.1 Å². The van der Waals surface area contributed by atoms with Crippen molar-refractivity contribution >= 4 is 10.0 Å². The smallest absolute Gasteiger partial charge is 0.217 e. The SMILES string of the molecule is C=CC[C@@H](C)[C@H](CCCC(O)O)S(=O)(=O)N(Cc1ccc(OC)cc1)Cc1ccc(OC)cc1. The third-order valence-corrected chi connectivity index (χ3v) is 8.35. The minimum absolute atomic E-state index is 0.129. The molecular formula is C26H37NO6S. The van der Waals surface area contributed by atoms with Crippen molar-refractivity contribution in [2.45, 2.75) is 57.2 Å². The number of benzene rings is 2. The first-order valence-electron chi connectivity index (χ1n) is 11.4. The lowest BCUT2D eigenvalue weighted by atomic mass is 9.99. The Morgan fingerprint density at radius 3 is 1.76 bits per heavy atom. The quantitative estimate of drug-likeness (QED) is 0.288. The summed E-state index contributed by atoms with van der Waals surface area (Å²) in [5.41, 5.74) is 1.69. The van der Waals surface area contributed by atoms with Gasteiger partial charge in [0, 0.05) is 13.1 Å². The van der Waals surface area contributed by atoms with Crippen molar-refractivity contribution < 1.29 is 28.1 Å². The zero-order valence-electron chi connectivity index (χ0n) is 20.3. The summed E-state index contributed by atoms with van der Waals surface area (Å²) < 4.78 is 40.0. The number of nitrogens with zero attached hydrogens (tertiary/aromatic N) is 1. The lowest BCUT2D eigenvalue weighted by molar-refractivity contribution is -0.0466. The van der Waals surface area contributed by atoms with Crippen LogP contribution in [0.2, 0.25) is 0 Å². The lowest BCUT2D eigenvalue weighted by Crippen LogP contribution is -2.41. The van der Waals surface area contributed by atoms with Gasteiger partial charge >= 0.3 is 0 Å². The first-order chi connectivity index (χ1) is 16.2. The summed E-state index contributed by atoms with van der Waals surface area (Å²) >= 11 is 0. The van der Waals surface area contributed by atoms with Gasteiger partial charge < -0.3 is 19.7 Å². The van der Waals surface area contributed by atoms with E-state index in [4.69, 9.17) is 9.47 Å². The van der Waals surface area contributed by atoms with E-state index in [1.807, 2.05) is 55.5 Å². The third kappa shape index (κ3) is 8.13. The predicted octanol–water partition coefficient (Wildman–Crippen LogP) is 4.10. The molecule has 0 unspecified atom stereocenters. The van der Waals surface area contributed by atoms with E-state index >= 15 is 0 Å². The molecule has 0 aliphatic heterocycles. The van der Waals surface area contributed by atoms with Crippen molar-refractivity contribution in [2.24, 2.45) is 5.92 Å². The average Bonchev–Trinajstić information content (AvgIpc) is 2.82. The Bertz CT molecular complexity index is 924. The molecule has 0 aliphatic rings. The molecule has 2 N–H and O–H groups in total. The average molecular weight is 492 g/mol. The molecule has 2 rings (SSSR count). The molecule has 0 amide bonds. The van der Waals surface area contributed by atoms with Gasteiger partial charge in [0.05, 0.1) is 19.5 Å². The Hall–Kier alpha value is -2.39. The highest BCUT2D eigenvalue weighted by atomic mass is 32.2. The molecule has 0 radical (unpaired) electrons. The summed E-state index contributed by atoms with van der Waals surface area (Å²) in [6.45, 7) is 6.09. The summed E-state index contributed by atoms with van der Waals surface area (Å²) in [5.74, 6) is 1.23. The highest BCUT2D eigenvalue weighted by Gasteiger charge is 2.35. The van der Waals surface area contributed by atoms with E-state index < -0.39 is 21.6 Å². The van der Waals surface area contributed by atoms with Gasteiger partial charge in [0.2, 0.25) is 10.0 Å². The van der Waals surface area contributed by atoms with Crippen LogP contribution in [0.5, 0.6) is 11.5 Å². The Morgan fingerprint density at radius 1 is 0.912 bits per heavy atom.